The highest BCUT2D eigenvalue weighted by Gasteiger charge is 2.15. The molecule has 2 aromatic rings. The van der Waals surface area contributed by atoms with Gasteiger partial charge in [-0.05, 0) is 35.9 Å². The van der Waals surface area contributed by atoms with Gasteiger partial charge in [-0.1, -0.05) is 12.1 Å². The highest BCUT2D eigenvalue weighted by molar-refractivity contribution is 7.91. The van der Waals surface area contributed by atoms with Crippen molar-refractivity contribution in [3.63, 3.8) is 0 Å². The number of hydrogen-bond donors (Lipinski definition) is 1. The molecule has 0 saturated heterocycles. The molecule has 6 nitrogen and oxygen atoms in total. The Balaban J connectivity index is 2.25. The highest BCUT2D eigenvalue weighted by Crippen LogP contribution is 2.25. The standard InChI is InChI=1S/C16H17NO5S2/c1-23(17,19)14-6-3-12(4-7-14)11-22-15-8-5-13(10-18)9-16(15)24(2,20)21/h3-10,17H,11H2,1-2H3. The van der Waals surface area contributed by atoms with Gasteiger partial charge in [0.25, 0.3) is 0 Å². The van der Waals surface area contributed by atoms with E-state index in [1.807, 2.05) is 0 Å². The van der Waals surface area contributed by atoms with Crippen LogP contribution in [0.4, 0.5) is 0 Å². The lowest BCUT2D eigenvalue weighted by molar-refractivity contribution is 0.112. The van der Waals surface area contributed by atoms with Gasteiger partial charge in [0.15, 0.2) is 9.84 Å². The van der Waals surface area contributed by atoms with E-state index in [1.54, 1.807) is 24.3 Å². The summed E-state index contributed by atoms with van der Waals surface area (Å²) in [5, 5.41) is 0. The van der Waals surface area contributed by atoms with Crippen LogP contribution in [0.3, 0.4) is 0 Å². The third-order valence-electron chi connectivity index (χ3n) is 3.27. The van der Waals surface area contributed by atoms with Crippen LogP contribution in [0.2, 0.25) is 0 Å². The fraction of sp³-hybridized carbons (Fsp3) is 0.188. The van der Waals surface area contributed by atoms with Crippen LogP contribution in [0.5, 0.6) is 5.75 Å². The maximum absolute atomic E-state index is 11.8. The van der Waals surface area contributed by atoms with Crippen molar-refractivity contribution in [1.82, 2.24) is 0 Å². The second-order valence-electron chi connectivity index (χ2n) is 5.37. The number of hydrogen-bond acceptors (Lipinski definition) is 6. The zero-order valence-corrected chi connectivity index (χ0v) is 14.8. The molecule has 0 heterocycles. The SMILES string of the molecule is CS(=N)(=O)c1ccc(COc2ccc(C=O)cc2S(C)(=O)=O)cc1. The summed E-state index contributed by atoms with van der Waals surface area (Å²) >= 11 is 0. The predicted molar refractivity (Wildman–Crippen MR) is 90.8 cm³/mol. The van der Waals surface area contributed by atoms with Crippen LogP contribution in [-0.2, 0) is 26.2 Å². The topological polar surface area (TPSA) is 101 Å². The summed E-state index contributed by atoms with van der Waals surface area (Å²) in [6, 6.07) is 10.7. The van der Waals surface area contributed by atoms with Gasteiger partial charge < -0.3 is 4.74 Å². The van der Waals surface area contributed by atoms with Crippen LogP contribution in [0, 0.1) is 4.78 Å². The van der Waals surface area contributed by atoms with Gasteiger partial charge in [-0.3, -0.25) is 4.79 Å². The largest absolute Gasteiger partial charge is 0.488 e. The Hall–Kier alpha value is -2.19. The van der Waals surface area contributed by atoms with E-state index in [2.05, 4.69) is 0 Å². The molecule has 24 heavy (non-hydrogen) atoms. The van der Waals surface area contributed by atoms with Crippen molar-refractivity contribution in [2.45, 2.75) is 16.4 Å². The van der Waals surface area contributed by atoms with Crippen LogP contribution in [0.15, 0.2) is 52.3 Å². The second-order valence-corrected chi connectivity index (χ2v) is 9.52. The molecular formula is C16H17NO5S2. The monoisotopic (exact) mass is 367 g/mol. The van der Waals surface area contributed by atoms with Gasteiger partial charge >= 0.3 is 0 Å². The van der Waals surface area contributed by atoms with Crippen molar-refractivity contribution in [2.24, 2.45) is 0 Å². The normalized spacial score (nSPS) is 13.9. The molecule has 0 aliphatic carbocycles. The fourth-order valence-corrected chi connectivity index (χ4v) is 3.51. The minimum absolute atomic E-state index is 0.0496. The van der Waals surface area contributed by atoms with Gasteiger partial charge in [0.2, 0.25) is 0 Å². The molecule has 8 heteroatoms. The minimum Gasteiger partial charge on any atom is -0.488 e. The number of carbonyl (C=O) groups is 1. The summed E-state index contributed by atoms with van der Waals surface area (Å²) in [6.07, 6.45) is 2.95. The smallest absolute Gasteiger partial charge is 0.179 e. The van der Waals surface area contributed by atoms with Gasteiger partial charge in [0.05, 0.1) is 9.73 Å². The summed E-state index contributed by atoms with van der Waals surface area (Å²) in [5.74, 6) is 0.159. The van der Waals surface area contributed by atoms with Crippen LogP contribution in [-0.4, -0.2) is 31.4 Å². The maximum Gasteiger partial charge on any atom is 0.179 e. The van der Waals surface area contributed by atoms with Gasteiger partial charge in [-0.25, -0.2) is 17.4 Å². The molecule has 0 fully saturated rings. The molecular weight excluding hydrogens is 350 g/mol. The first kappa shape index (κ1) is 18.2. The van der Waals surface area contributed by atoms with Crippen molar-refractivity contribution in [3.8, 4) is 5.75 Å². The van der Waals surface area contributed by atoms with Crippen molar-refractivity contribution in [2.75, 3.05) is 12.5 Å². The molecule has 2 aromatic carbocycles. The van der Waals surface area contributed by atoms with E-state index in [-0.39, 0.29) is 22.8 Å². The van der Waals surface area contributed by atoms with Crippen molar-refractivity contribution < 1.29 is 22.2 Å². The Labute approximate surface area is 141 Å². The number of rotatable bonds is 6. The Morgan fingerprint density at radius 2 is 1.67 bits per heavy atom. The summed E-state index contributed by atoms with van der Waals surface area (Å²) < 4.78 is 48.4. The fourth-order valence-electron chi connectivity index (χ4n) is 2.01. The van der Waals surface area contributed by atoms with E-state index in [9.17, 15) is 17.4 Å². The molecule has 0 bridgehead atoms. The van der Waals surface area contributed by atoms with E-state index in [0.29, 0.717) is 11.2 Å². The first-order chi connectivity index (χ1) is 11.1. The number of carbonyl (C=O) groups excluding carboxylic acids is 1. The Kier molecular flexibility index (Phi) is 5.10. The van der Waals surface area contributed by atoms with Crippen molar-refractivity contribution in [3.05, 3.63) is 53.6 Å². The molecule has 0 amide bonds. The van der Waals surface area contributed by atoms with Crippen LogP contribution in [0.25, 0.3) is 0 Å². The summed E-state index contributed by atoms with van der Waals surface area (Å²) in [7, 11) is -6.32. The van der Waals surface area contributed by atoms with Crippen molar-refractivity contribution in [1.29, 1.82) is 4.78 Å². The lowest BCUT2D eigenvalue weighted by Gasteiger charge is -2.11. The molecule has 0 radical (unpaired) electrons. The maximum atomic E-state index is 11.8. The van der Waals surface area contributed by atoms with Crippen LogP contribution >= 0.6 is 0 Å². The number of sulfone groups is 1. The van der Waals surface area contributed by atoms with Gasteiger partial charge in [0.1, 0.15) is 23.5 Å². The number of aldehydes is 1. The molecule has 128 valence electrons. The molecule has 1 N–H and O–H groups in total. The lowest BCUT2D eigenvalue weighted by Crippen LogP contribution is -2.04. The van der Waals surface area contributed by atoms with E-state index < -0.39 is 19.6 Å². The van der Waals surface area contributed by atoms with E-state index in [0.717, 1.165) is 11.8 Å². The molecule has 1 unspecified atom stereocenters. The Morgan fingerprint density at radius 3 is 2.17 bits per heavy atom. The predicted octanol–water partition coefficient (Wildman–Crippen LogP) is 2.52. The number of nitrogens with one attached hydrogen (secondary N) is 1. The highest BCUT2D eigenvalue weighted by atomic mass is 32.2. The molecule has 0 spiro atoms. The molecule has 0 aliphatic rings. The van der Waals surface area contributed by atoms with E-state index in [4.69, 9.17) is 9.52 Å². The third kappa shape index (κ3) is 4.42. The van der Waals surface area contributed by atoms with Crippen LogP contribution in [0.1, 0.15) is 15.9 Å². The van der Waals surface area contributed by atoms with E-state index in [1.165, 1.54) is 24.5 Å². The lowest BCUT2D eigenvalue weighted by atomic mass is 10.2. The Bertz CT molecular complexity index is 962. The zero-order valence-electron chi connectivity index (χ0n) is 13.2. The molecule has 0 aromatic heterocycles. The molecule has 2 rings (SSSR count). The third-order valence-corrected chi connectivity index (χ3v) is 5.56. The number of benzene rings is 2. The van der Waals surface area contributed by atoms with Gasteiger partial charge in [0, 0.05) is 23.0 Å². The first-order valence-corrected chi connectivity index (χ1v) is 10.7. The van der Waals surface area contributed by atoms with Crippen LogP contribution < -0.4 is 4.74 Å². The summed E-state index contributed by atoms with van der Waals surface area (Å²) in [4.78, 5) is 11.2. The Morgan fingerprint density at radius 1 is 1.04 bits per heavy atom. The molecule has 0 saturated carbocycles. The van der Waals surface area contributed by atoms with E-state index >= 15 is 0 Å². The summed E-state index contributed by atoms with van der Waals surface area (Å²) in [6.45, 7) is 0.103. The number of ether oxygens (including phenoxy) is 1. The van der Waals surface area contributed by atoms with Gasteiger partial charge in [-0.2, -0.15) is 0 Å². The quantitative estimate of drug-likeness (QED) is 0.791. The average Bonchev–Trinajstić information content (AvgIpc) is 2.51. The zero-order chi connectivity index (χ0) is 18.0. The minimum atomic E-state index is -3.54. The molecule has 0 aliphatic heterocycles. The van der Waals surface area contributed by atoms with Gasteiger partial charge in [-0.15, -0.1) is 0 Å². The van der Waals surface area contributed by atoms with Crippen molar-refractivity contribution >= 4 is 25.9 Å². The first-order valence-electron chi connectivity index (χ1n) is 6.86. The average molecular weight is 367 g/mol. The molecule has 1 atom stereocenters. The summed E-state index contributed by atoms with van der Waals surface area (Å²) in [5.41, 5.74) is 0.988. The second kappa shape index (κ2) is 6.74.